The number of aliphatic hydroxyl groups excluding tert-OH is 1. The van der Waals surface area contributed by atoms with E-state index in [2.05, 4.69) is 9.36 Å². The Hall–Kier alpha value is -3.84. The van der Waals surface area contributed by atoms with Crippen molar-refractivity contribution in [1.82, 2.24) is 13.7 Å². The van der Waals surface area contributed by atoms with Gasteiger partial charge < -0.3 is 19.6 Å². The second-order valence-corrected chi connectivity index (χ2v) is 12.9. The van der Waals surface area contributed by atoms with Crippen LogP contribution in [0.1, 0.15) is 36.8 Å². The van der Waals surface area contributed by atoms with Gasteiger partial charge in [0.2, 0.25) is 21.1 Å². The monoisotopic (exact) mass is 605 g/mol. The van der Waals surface area contributed by atoms with Crippen molar-refractivity contribution in [3.63, 3.8) is 0 Å². The quantitative estimate of drug-likeness (QED) is 0.314. The van der Waals surface area contributed by atoms with E-state index in [-0.39, 0.29) is 10.8 Å². The Labute approximate surface area is 249 Å². The van der Waals surface area contributed by atoms with Crippen molar-refractivity contribution in [3.8, 4) is 11.5 Å². The Morgan fingerprint density at radius 2 is 1.57 bits per heavy atom. The van der Waals surface area contributed by atoms with Crippen LogP contribution in [0.4, 0.5) is 10.8 Å². The topological polar surface area (TPSA) is 116 Å². The van der Waals surface area contributed by atoms with Crippen molar-refractivity contribution in [2.75, 3.05) is 42.5 Å². The fourth-order valence-corrected chi connectivity index (χ4v) is 7.37. The third-order valence-electron chi connectivity index (χ3n) is 7.44. The second kappa shape index (κ2) is 12.2. The molecule has 2 aliphatic rings. The number of carbonyl (C=O) groups is 1. The summed E-state index contributed by atoms with van der Waals surface area (Å²) in [4.78, 5) is 20.6. The lowest BCUT2D eigenvalue weighted by molar-refractivity contribution is -0.117. The van der Waals surface area contributed by atoms with E-state index >= 15 is 0 Å². The van der Waals surface area contributed by atoms with Gasteiger partial charge in [-0.05, 0) is 66.9 Å². The van der Waals surface area contributed by atoms with Gasteiger partial charge in [0.05, 0.1) is 4.90 Å². The summed E-state index contributed by atoms with van der Waals surface area (Å²) in [5.41, 5.74) is 1.37. The molecule has 0 radical (unpaired) electrons. The SMILES string of the molecule is O=C1CCCN1c1ccc(S(=O)(=O)N2CCCN(c3nc(C(O)c4ccc(Oc5ccccc5)cc4)ns3)CC2)cc1. The van der Waals surface area contributed by atoms with Gasteiger partial charge in [0, 0.05) is 56.4 Å². The van der Waals surface area contributed by atoms with Gasteiger partial charge in [-0.25, -0.2) is 13.4 Å². The maximum atomic E-state index is 13.4. The van der Waals surface area contributed by atoms with Crippen molar-refractivity contribution < 1.29 is 23.1 Å². The van der Waals surface area contributed by atoms with Gasteiger partial charge in [0.15, 0.2) is 5.82 Å². The Morgan fingerprint density at radius 1 is 0.833 bits per heavy atom. The van der Waals surface area contributed by atoms with Gasteiger partial charge in [-0.15, -0.1) is 0 Å². The van der Waals surface area contributed by atoms with Crippen LogP contribution in [-0.4, -0.2) is 65.8 Å². The van der Waals surface area contributed by atoms with Crippen LogP contribution >= 0.6 is 11.5 Å². The highest BCUT2D eigenvalue weighted by Gasteiger charge is 2.29. The summed E-state index contributed by atoms with van der Waals surface area (Å²) in [6.07, 6.45) is 0.968. The fourth-order valence-electron chi connectivity index (χ4n) is 5.15. The number of nitrogens with zero attached hydrogens (tertiary/aromatic N) is 5. The van der Waals surface area contributed by atoms with Gasteiger partial charge >= 0.3 is 0 Å². The van der Waals surface area contributed by atoms with E-state index in [1.54, 1.807) is 53.4 Å². The molecule has 218 valence electrons. The molecular weight excluding hydrogens is 574 g/mol. The van der Waals surface area contributed by atoms with Gasteiger partial charge in [-0.3, -0.25) is 4.79 Å². The molecule has 3 heterocycles. The highest BCUT2D eigenvalue weighted by molar-refractivity contribution is 7.89. The van der Waals surface area contributed by atoms with Crippen LogP contribution < -0.4 is 14.5 Å². The van der Waals surface area contributed by atoms with Crippen molar-refractivity contribution >= 4 is 38.3 Å². The summed E-state index contributed by atoms with van der Waals surface area (Å²) in [6, 6.07) is 23.2. The van der Waals surface area contributed by atoms with Crippen molar-refractivity contribution in [2.45, 2.75) is 30.3 Å². The van der Waals surface area contributed by atoms with Gasteiger partial charge in [-0.2, -0.15) is 8.68 Å². The van der Waals surface area contributed by atoms with Crippen LogP contribution in [0.3, 0.4) is 0 Å². The first-order chi connectivity index (χ1) is 20.4. The molecule has 1 N–H and O–H groups in total. The second-order valence-electron chi connectivity index (χ2n) is 10.2. The van der Waals surface area contributed by atoms with E-state index in [1.165, 1.54) is 15.8 Å². The predicted molar refractivity (Wildman–Crippen MR) is 161 cm³/mol. The predicted octanol–water partition coefficient (Wildman–Crippen LogP) is 4.44. The number of carbonyl (C=O) groups excluding carboxylic acids is 1. The zero-order chi connectivity index (χ0) is 29.1. The van der Waals surface area contributed by atoms with Crippen LogP contribution in [0, 0.1) is 0 Å². The number of hydrogen-bond acceptors (Lipinski definition) is 9. The average Bonchev–Trinajstić information content (AvgIpc) is 3.60. The van der Waals surface area contributed by atoms with E-state index in [4.69, 9.17) is 4.74 Å². The molecule has 0 aliphatic carbocycles. The molecule has 1 atom stereocenters. The maximum absolute atomic E-state index is 13.4. The number of benzene rings is 3. The molecule has 6 rings (SSSR count). The highest BCUT2D eigenvalue weighted by Crippen LogP contribution is 2.29. The first kappa shape index (κ1) is 28.3. The van der Waals surface area contributed by atoms with Crippen LogP contribution in [0.5, 0.6) is 11.5 Å². The lowest BCUT2D eigenvalue weighted by atomic mass is 10.1. The molecule has 2 aliphatic heterocycles. The molecule has 2 saturated heterocycles. The smallest absolute Gasteiger partial charge is 0.243 e. The molecule has 12 heteroatoms. The summed E-state index contributed by atoms with van der Waals surface area (Å²) in [7, 11) is -3.69. The lowest BCUT2D eigenvalue weighted by Gasteiger charge is -2.22. The summed E-state index contributed by atoms with van der Waals surface area (Å²) in [5.74, 6) is 1.76. The first-order valence-corrected chi connectivity index (χ1v) is 16.1. The van der Waals surface area contributed by atoms with Crippen LogP contribution in [0.15, 0.2) is 83.8 Å². The van der Waals surface area contributed by atoms with E-state index in [1.807, 2.05) is 35.2 Å². The summed E-state index contributed by atoms with van der Waals surface area (Å²) < 4.78 is 38.6. The van der Waals surface area contributed by atoms with Gasteiger partial charge in [0.1, 0.15) is 17.6 Å². The van der Waals surface area contributed by atoms with E-state index in [0.717, 1.165) is 17.9 Å². The Morgan fingerprint density at radius 3 is 2.29 bits per heavy atom. The standard InChI is InChI=1S/C30H31N5O5S2/c36-27-8-4-19-35(27)23-11-15-26(16-12-23)42(38,39)34-18-5-17-33(20-21-34)30-31-29(32-41-30)28(37)22-9-13-25(14-10-22)40-24-6-2-1-3-7-24/h1-3,6-7,9-16,28,37H,4-5,8,17-21H2. The van der Waals surface area contributed by atoms with Gasteiger partial charge in [0.25, 0.3) is 0 Å². The lowest BCUT2D eigenvalue weighted by Crippen LogP contribution is -2.35. The molecule has 1 unspecified atom stereocenters. The third kappa shape index (κ3) is 6.02. The number of anilines is 2. The number of aromatic nitrogens is 2. The number of ether oxygens (including phenoxy) is 1. The average molecular weight is 606 g/mol. The van der Waals surface area contributed by atoms with Crippen molar-refractivity contribution in [3.05, 3.63) is 90.3 Å². The number of para-hydroxylation sites is 1. The Kier molecular flexibility index (Phi) is 8.20. The third-order valence-corrected chi connectivity index (χ3v) is 10.1. The molecule has 4 aromatic rings. The molecule has 0 saturated carbocycles. The van der Waals surface area contributed by atoms with Gasteiger partial charge in [-0.1, -0.05) is 30.3 Å². The number of sulfonamides is 1. The number of hydrogen-bond donors (Lipinski definition) is 1. The molecule has 1 aromatic heterocycles. The fraction of sp³-hybridized carbons (Fsp3) is 0.300. The number of amides is 1. The summed E-state index contributed by atoms with van der Waals surface area (Å²) >= 11 is 1.19. The molecule has 0 spiro atoms. The van der Waals surface area contributed by atoms with E-state index in [9.17, 15) is 18.3 Å². The Balaban J connectivity index is 1.08. The molecule has 2 fully saturated rings. The largest absolute Gasteiger partial charge is 0.457 e. The maximum Gasteiger partial charge on any atom is 0.243 e. The normalized spacial score (nSPS) is 17.3. The first-order valence-electron chi connectivity index (χ1n) is 13.9. The minimum Gasteiger partial charge on any atom is -0.457 e. The Bertz CT molecular complexity index is 1630. The van der Waals surface area contributed by atoms with E-state index in [0.29, 0.717) is 67.8 Å². The molecule has 3 aromatic carbocycles. The highest BCUT2D eigenvalue weighted by atomic mass is 32.2. The molecule has 42 heavy (non-hydrogen) atoms. The minimum absolute atomic E-state index is 0.0666. The van der Waals surface area contributed by atoms with Crippen LogP contribution in [0.2, 0.25) is 0 Å². The molecule has 1 amide bonds. The molecule has 10 nitrogen and oxygen atoms in total. The summed E-state index contributed by atoms with van der Waals surface area (Å²) in [6.45, 7) is 2.42. The van der Waals surface area contributed by atoms with Crippen LogP contribution in [0.25, 0.3) is 0 Å². The molecular formula is C30H31N5O5S2. The van der Waals surface area contributed by atoms with Crippen LogP contribution in [-0.2, 0) is 14.8 Å². The zero-order valence-corrected chi connectivity index (χ0v) is 24.5. The molecule has 0 bridgehead atoms. The summed E-state index contributed by atoms with van der Waals surface area (Å²) in [5, 5.41) is 11.6. The number of aliphatic hydroxyl groups is 1. The minimum atomic E-state index is -3.69. The zero-order valence-electron chi connectivity index (χ0n) is 22.9. The number of rotatable bonds is 8. The van der Waals surface area contributed by atoms with Crippen molar-refractivity contribution in [2.24, 2.45) is 0 Å². The van der Waals surface area contributed by atoms with E-state index < -0.39 is 16.1 Å². The van der Waals surface area contributed by atoms with Crippen molar-refractivity contribution in [1.29, 1.82) is 0 Å².